The number of anilines is 2. The van der Waals surface area contributed by atoms with E-state index in [0.29, 0.717) is 47.6 Å². The highest BCUT2D eigenvalue weighted by atomic mass is 19.1. The van der Waals surface area contributed by atoms with Gasteiger partial charge < -0.3 is 30.2 Å². The second-order valence-electron chi connectivity index (χ2n) is 9.83. The molecule has 0 radical (unpaired) electrons. The number of halogens is 1. The van der Waals surface area contributed by atoms with Crippen molar-refractivity contribution in [1.82, 2.24) is 14.8 Å². The van der Waals surface area contributed by atoms with E-state index in [9.17, 15) is 18.8 Å². The van der Waals surface area contributed by atoms with Gasteiger partial charge in [-0.25, -0.2) is 4.39 Å². The molecule has 3 amide bonds. The Balaban J connectivity index is 1.37. The van der Waals surface area contributed by atoms with Crippen LogP contribution in [0.15, 0.2) is 12.1 Å². The van der Waals surface area contributed by atoms with E-state index in [2.05, 4.69) is 20.5 Å². The van der Waals surface area contributed by atoms with Crippen molar-refractivity contribution in [1.29, 1.82) is 0 Å². The molecule has 37 heavy (non-hydrogen) atoms. The van der Waals surface area contributed by atoms with E-state index in [1.165, 1.54) is 38.5 Å². The lowest BCUT2D eigenvalue weighted by Crippen LogP contribution is -2.43. The normalized spacial score (nSPS) is 18.7. The molecule has 10 heteroatoms. The zero-order valence-electron chi connectivity index (χ0n) is 21.2. The predicted molar refractivity (Wildman–Crippen MR) is 139 cm³/mol. The summed E-state index contributed by atoms with van der Waals surface area (Å²) in [6, 6.07) is 2.63. The summed E-state index contributed by atoms with van der Waals surface area (Å²) in [6.45, 7) is 6.10. The Bertz CT molecular complexity index is 1280. The minimum absolute atomic E-state index is 0.00965. The van der Waals surface area contributed by atoms with Gasteiger partial charge in [0.15, 0.2) is 0 Å². The zero-order chi connectivity index (χ0) is 26.1. The van der Waals surface area contributed by atoms with Gasteiger partial charge in [-0.1, -0.05) is 6.42 Å². The van der Waals surface area contributed by atoms with Crippen molar-refractivity contribution in [2.75, 3.05) is 57.1 Å². The average Bonchev–Trinajstić information content (AvgIpc) is 3.35. The number of aromatic amines is 1. The van der Waals surface area contributed by atoms with E-state index >= 15 is 0 Å². The van der Waals surface area contributed by atoms with Gasteiger partial charge in [-0.3, -0.25) is 14.4 Å². The highest BCUT2D eigenvalue weighted by Crippen LogP contribution is 2.37. The lowest BCUT2D eigenvalue weighted by atomic mass is 10.0. The van der Waals surface area contributed by atoms with Gasteiger partial charge in [-0.2, -0.15) is 0 Å². The first-order chi connectivity index (χ1) is 17.9. The third-order valence-electron chi connectivity index (χ3n) is 7.36. The lowest BCUT2D eigenvalue weighted by molar-refractivity contribution is -0.119. The van der Waals surface area contributed by atoms with E-state index in [1.54, 1.807) is 6.08 Å². The Labute approximate surface area is 215 Å². The molecule has 2 aromatic rings. The van der Waals surface area contributed by atoms with Crippen molar-refractivity contribution < 1.29 is 23.5 Å². The van der Waals surface area contributed by atoms with Crippen molar-refractivity contribution >= 4 is 40.7 Å². The summed E-state index contributed by atoms with van der Waals surface area (Å²) in [5, 5.41) is 5.18. The summed E-state index contributed by atoms with van der Waals surface area (Å²) >= 11 is 0. The highest BCUT2D eigenvalue weighted by molar-refractivity contribution is 6.35. The van der Waals surface area contributed by atoms with Crippen LogP contribution in [0.3, 0.4) is 0 Å². The maximum absolute atomic E-state index is 14.8. The van der Waals surface area contributed by atoms with E-state index in [1.807, 2.05) is 11.8 Å². The molecule has 0 saturated carbocycles. The van der Waals surface area contributed by atoms with Crippen LogP contribution in [-0.4, -0.2) is 78.9 Å². The minimum atomic E-state index is -0.660. The van der Waals surface area contributed by atoms with E-state index in [4.69, 9.17) is 4.74 Å². The maximum Gasteiger partial charge on any atom is 0.256 e. The smallest absolute Gasteiger partial charge is 0.256 e. The molecular formula is C27H32FN5O4. The average molecular weight is 510 g/mol. The summed E-state index contributed by atoms with van der Waals surface area (Å²) in [5.74, 6) is -1.53. The van der Waals surface area contributed by atoms with Crippen molar-refractivity contribution in [2.24, 2.45) is 0 Å². The molecule has 1 saturated heterocycles. The molecule has 196 valence electrons. The molecule has 3 aliphatic heterocycles. The van der Waals surface area contributed by atoms with Crippen LogP contribution >= 0.6 is 0 Å². The SMILES string of the molecule is COCC(=O)Nc1cc2c(cc1F)/C(=C/c1[nH]c3c(c1C)C(=O)N(CCN1CCCCC1)CC3)C(=O)N2. The molecule has 0 atom stereocenters. The van der Waals surface area contributed by atoms with Gasteiger partial charge in [0.05, 0.1) is 22.5 Å². The Morgan fingerprint density at radius 2 is 1.95 bits per heavy atom. The van der Waals surface area contributed by atoms with E-state index in [-0.39, 0.29) is 24.1 Å². The number of hydrogen-bond donors (Lipinski definition) is 3. The van der Waals surface area contributed by atoms with Crippen LogP contribution in [0.25, 0.3) is 11.6 Å². The number of aromatic nitrogens is 1. The first-order valence-electron chi connectivity index (χ1n) is 12.7. The van der Waals surface area contributed by atoms with E-state index < -0.39 is 11.7 Å². The third-order valence-corrected chi connectivity index (χ3v) is 7.36. The molecular weight excluding hydrogens is 477 g/mol. The summed E-state index contributed by atoms with van der Waals surface area (Å²) in [6.07, 6.45) is 6.11. The molecule has 1 fully saturated rings. The fourth-order valence-corrected chi connectivity index (χ4v) is 5.38. The Morgan fingerprint density at radius 1 is 1.16 bits per heavy atom. The summed E-state index contributed by atoms with van der Waals surface area (Å²) in [4.78, 5) is 45.6. The molecule has 0 bridgehead atoms. The van der Waals surface area contributed by atoms with Crippen LogP contribution in [0.2, 0.25) is 0 Å². The molecule has 0 aliphatic carbocycles. The largest absolute Gasteiger partial charge is 0.375 e. The number of H-pyrrole nitrogens is 1. The number of rotatable bonds is 7. The number of benzene rings is 1. The number of carbonyl (C=O) groups is 3. The van der Waals surface area contributed by atoms with Gasteiger partial charge in [-0.15, -0.1) is 0 Å². The molecule has 4 heterocycles. The molecule has 1 aromatic heterocycles. The molecule has 5 rings (SSSR count). The number of fused-ring (bicyclic) bond motifs is 2. The number of amides is 3. The predicted octanol–water partition coefficient (Wildman–Crippen LogP) is 3.02. The molecule has 1 aromatic carbocycles. The van der Waals surface area contributed by atoms with Gasteiger partial charge in [0.1, 0.15) is 12.4 Å². The summed E-state index contributed by atoms with van der Waals surface area (Å²) in [7, 11) is 1.37. The first-order valence-corrected chi connectivity index (χ1v) is 12.7. The number of hydrogen-bond acceptors (Lipinski definition) is 5. The topological polar surface area (TPSA) is 107 Å². The Kier molecular flexibility index (Phi) is 7.12. The number of nitrogens with zero attached hydrogens (tertiary/aromatic N) is 2. The fraction of sp³-hybridized carbons (Fsp3) is 0.444. The molecule has 9 nitrogen and oxygen atoms in total. The standard InChI is InChI=1S/C27H32FN5O4/c1-16-21(29-20-6-9-33(27(36)25(16)20)11-10-32-7-4-3-5-8-32)13-18-17-12-19(28)23(30-24(34)15-37-2)14-22(17)31-26(18)35/h12-14,29H,3-11,15H2,1-2H3,(H,30,34)(H,31,35)/b18-13-. The number of nitrogens with one attached hydrogen (secondary N) is 3. The second-order valence-corrected chi connectivity index (χ2v) is 9.83. The Hall–Kier alpha value is -3.50. The van der Waals surface area contributed by atoms with Crippen LogP contribution in [0.5, 0.6) is 0 Å². The van der Waals surface area contributed by atoms with Gasteiger partial charge in [0.2, 0.25) is 5.91 Å². The lowest BCUT2D eigenvalue weighted by Gasteiger charge is -2.32. The Morgan fingerprint density at radius 3 is 2.70 bits per heavy atom. The van der Waals surface area contributed by atoms with Crippen LogP contribution in [0, 0.1) is 12.7 Å². The first kappa shape index (κ1) is 25.2. The van der Waals surface area contributed by atoms with Crippen molar-refractivity contribution in [3.8, 4) is 0 Å². The van der Waals surface area contributed by atoms with Crippen LogP contribution in [0.4, 0.5) is 15.8 Å². The second kappa shape index (κ2) is 10.5. The number of ether oxygens (including phenoxy) is 1. The molecule has 0 spiro atoms. The van der Waals surface area contributed by atoms with Gasteiger partial charge in [0, 0.05) is 50.1 Å². The number of methoxy groups -OCH3 is 1. The highest BCUT2D eigenvalue weighted by Gasteiger charge is 2.31. The summed E-state index contributed by atoms with van der Waals surface area (Å²) in [5.41, 5.74) is 4.02. The molecule has 0 unspecified atom stereocenters. The van der Waals surface area contributed by atoms with Gasteiger partial charge in [-0.05, 0) is 56.6 Å². The monoisotopic (exact) mass is 509 g/mol. The van der Waals surface area contributed by atoms with E-state index in [0.717, 1.165) is 30.9 Å². The minimum Gasteiger partial charge on any atom is -0.375 e. The van der Waals surface area contributed by atoms with Gasteiger partial charge in [0.25, 0.3) is 11.8 Å². The fourth-order valence-electron chi connectivity index (χ4n) is 5.38. The van der Waals surface area contributed by atoms with Gasteiger partial charge >= 0.3 is 0 Å². The number of piperidine rings is 1. The molecule has 3 aliphatic rings. The summed E-state index contributed by atoms with van der Waals surface area (Å²) < 4.78 is 19.5. The maximum atomic E-state index is 14.8. The molecule has 3 N–H and O–H groups in total. The number of likely N-dealkylation sites (tertiary alicyclic amines) is 1. The van der Waals surface area contributed by atoms with Crippen molar-refractivity contribution in [3.05, 3.63) is 46.0 Å². The van der Waals surface area contributed by atoms with Crippen LogP contribution in [-0.2, 0) is 20.7 Å². The van der Waals surface area contributed by atoms with Crippen molar-refractivity contribution in [2.45, 2.75) is 32.6 Å². The van der Waals surface area contributed by atoms with Crippen LogP contribution < -0.4 is 10.6 Å². The van der Waals surface area contributed by atoms with Crippen LogP contribution in [0.1, 0.15) is 52.1 Å². The quantitative estimate of drug-likeness (QED) is 0.498. The number of carbonyl (C=O) groups excluding carboxylic acids is 3. The van der Waals surface area contributed by atoms with Crippen molar-refractivity contribution in [3.63, 3.8) is 0 Å². The zero-order valence-corrected chi connectivity index (χ0v) is 21.2. The third kappa shape index (κ3) is 5.03.